The van der Waals surface area contributed by atoms with Crippen LogP contribution < -0.4 is 9.47 Å². The number of rotatable bonds is 5. The van der Waals surface area contributed by atoms with Gasteiger partial charge in [0, 0.05) is 11.8 Å². The molecule has 1 heterocycles. The summed E-state index contributed by atoms with van der Waals surface area (Å²) in [6.45, 7) is 1.65. The summed E-state index contributed by atoms with van der Waals surface area (Å²) in [5, 5.41) is 0.827. The van der Waals surface area contributed by atoms with Gasteiger partial charge in [0.2, 0.25) is 0 Å². The minimum absolute atomic E-state index is 0.208. The Bertz CT molecular complexity index is 533. The fourth-order valence-electron chi connectivity index (χ4n) is 1.75. The number of carbonyl (C=O) groups excluding carboxylic acids is 2. The molecule has 108 valence electrons. The number of hydrogen-bond acceptors (Lipinski definition) is 6. The van der Waals surface area contributed by atoms with Crippen LogP contribution in [-0.4, -0.2) is 43.0 Å². The van der Waals surface area contributed by atoms with E-state index >= 15 is 0 Å². The lowest BCUT2D eigenvalue weighted by Crippen LogP contribution is -2.54. The van der Waals surface area contributed by atoms with Crippen molar-refractivity contribution in [3.8, 4) is 11.5 Å². The molecule has 2 rings (SSSR count). The van der Waals surface area contributed by atoms with Crippen LogP contribution in [0.3, 0.4) is 0 Å². The molecule has 1 atom stereocenters. The molecule has 1 fully saturated rings. The molecule has 0 aromatic heterocycles. The van der Waals surface area contributed by atoms with Crippen molar-refractivity contribution in [1.82, 2.24) is 5.06 Å². The number of thioether (sulfide) groups is 1. The van der Waals surface area contributed by atoms with Crippen LogP contribution in [0, 0.1) is 0 Å². The fraction of sp³-hybridized carbons (Fsp3) is 0.385. The van der Waals surface area contributed by atoms with Crippen LogP contribution in [0.1, 0.15) is 6.92 Å². The lowest BCUT2D eigenvalue weighted by atomic mass is 10.2. The van der Waals surface area contributed by atoms with E-state index in [1.807, 2.05) is 12.1 Å². The second-order valence-electron chi connectivity index (χ2n) is 4.11. The highest BCUT2D eigenvalue weighted by molar-refractivity contribution is 8.00. The number of hydroxylamine groups is 2. The number of methoxy groups -OCH3 is 2. The Morgan fingerprint density at radius 2 is 2.00 bits per heavy atom. The molecular formula is C13H15NO5S. The Morgan fingerprint density at radius 1 is 1.30 bits per heavy atom. The van der Waals surface area contributed by atoms with E-state index in [4.69, 9.17) is 14.3 Å². The van der Waals surface area contributed by atoms with Crippen LogP contribution in [0.25, 0.3) is 0 Å². The zero-order valence-electron chi connectivity index (χ0n) is 11.4. The van der Waals surface area contributed by atoms with E-state index in [0.717, 1.165) is 9.96 Å². The van der Waals surface area contributed by atoms with E-state index in [1.54, 1.807) is 20.3 Å². The lowest BCUT2D eigenvalue weighted by molar-refractivity contribution is -0.209. The van der Waals surface area contributed by atoms with Gasteiger partial charge in [0.1, 0.15) is 5.25 Å². The van der Waals surface area contributed by atoms with E-state index in [0.29, 0.717) is 18.0 Å². The number of β-lactam (4-membered cyclic amide) rings is 1. The van der Waals surface area contributed by atoms with Gasteiger partial charge in [-0.1, -0.05) is 0 Å². The van der Waals surface area contributed by atoms with Gasteiger partial charge in [-0.05, 0) is 18.2 Å². The van der Waals surface area contributed by atoms with Crippen molar-refractivity contribution < 1.29 is 23.9 Å². The predicted molar refractivity (Wildman–Crippen MR) is 72.7 cm³/mol. The van der Waals surface area contributed by atoms with Crippen molar-refractivity contribution in [2.75, 3.05) is 20.8 Å². The quantitative estimate of drug-likeness (QED) is 0.767. The van der Waals surface area contributed by atoms with Gasteiger partial charge in [-0.25, -0.2) is 0 Å². The van der Waals surface area contributed by atoms with Crippen LogP contribution in [-0.2, 0) is 14.4 Å². The van der Waals surface area contributed by atoms with Gasteiger partial charge in [-0.3, -0.25) is 9.59 Å². The number of ether oxygens (including phenoxy) is 2. The molecule has 1 unspecified atom stereocenters. The molecule has 7 heteroatoms. The first-order valence-corrected chi connectivity index (χ1v) is 6.81. The second kappa shape index (κ2) is 6.04. The van der Waals surface area contributed by atoms with E-state index < -0.39 is 5.97 Å². The molecule has 6 nitrogen and oxygen atoms in total. The van der Waals surface area contributed by atoms with Gasteiger partial charge in [0.25, 0.3) is 5.91 Å². The lowest BCUT2D eigenvalue weighted by Gasteiger charge is -2.35. The molecule has 0 spiro atoms. The van der Waals surface area contributed by atoms with Crippen LogP contribution in [0.5, 0.6) is 11.5 Å². The molecular weight excluding hydrogens is 282 g/mol. The molecule has 20 heavy (non-hydrogen) atoms. The van der Waals surface area contributed by atoms with Gasteiger partial charge in [0.15, 0.2) is 11.5 Å². The van der Waals surface area contributed by atoms with Crippen LogP contribution in [0.15, 0.2) is 23.1 Å². The van der Waals surface area contributed by atoms with Crippen molar-refractivity contribution in [3.63, 3.8) is 0 Å². The topological polar surface area (TPSA) is 65.1 Å². The number of hydrogen-bond donors (Lipinski definition) is 0. The molecule has 1 aliphatic rings. The van der Waals surface area contributed by atoms with Crippen molar-refractivity contribution in [2.24, 2.45) is 0 Å². The van der Waals surface area contributed by atoms with Gasteiger partial charge < -0.3 is 14.3 Å². The third-order valence-corrected chi connectivity index (χ3v) is 3.89. The molecule has 1 saturated heterocycles. The minimum Gasteiger partial charge on any atom is -0.493 e. The molecule has 0 saturated carbocycles. The average molecular weight is 297 g/mol. The predicted octanol–water partition coefficient (Wildman–Crippen LogP) is 1.48. The maximum absolute atomic E-state index is 11.8. The molecule has 0 N–H and O–H groups in total. The van der Waals surface area contributed by atoms with Gasteiger partial charge in [-0.15, -0.1) is 11.8 Å². The first-order valence-electron chi connectivity index (χ1n) is 5.93. The molecule has 0 aliphatic carbocycles. The number of amides is 1. The fourth-order valence-corrected chi connectivity index (χ4v) is 2.82. The normalized spacial score (nSPS) is 17.4. The van der Waals surface area contributed by atoms with Crippen LogP contribution in [0.4, 0.5) is 0 Å². The highest BCUT2D eigenvalue weighted by Crippen LogP contribution is 2.36. The SMILES string of the molecule is COc1ccc(SC2CN(OC(C)=O)C2=O)cc1OC. The zero-order valence-corrected chi connectivity index (χ0v) is 12.2. The van der Waals surface area contributed by atoms with Crippen LogP contribution >= 0.6 is 11.8 Å². The first-order chi connectivity index (χ1) is 9.55. The average Bonchev–Trinajstić information content (AvgIpc) is 2.45. The molecule has 1 aliphatic heterocycles. The maximum atomic E-state index is 11.8. The summed E-state index contributed by atoms with van der Waals surface area (Å²) in [4.78, 5) is 28.1. The van der Waals surface area contributed by atoms with Gasteiger partial charge in [0.05, 0.1) is 20.8 Å². The monoisotopic (exact) mass is 297 g/mol. The number of benzene rings is 1. The molecule has 0 bridgehead atoms. The molecule has 0 radical (unpaired) electrons. The highest BCUT2D eigenvalue weighted by Gasteiger charge is 2.40. The number of carbonyl (C=O) groups is 2. The molecule has 1 amide bonds. The summed E-state index contributed by atoms with van der Waals surface area (Å²) in [6, 6.07) is 5.45. The summed E-state index contributed by atoms with van der Waals surface area (Å²) in [6.07, 6.45) is 0. The third-order valence-electron chi connectivity index (χ3n) is 2.72. The van der Waals surface area contributed by atoms with E-state index in [9.17, 15) is 9.59 Å². The summed E-state index contributed by atoms with van der Waals surface area (Å²) in [7, 11) is 3.13. The van der Waals surface area contributed by atoms with E-state index in [1.165, 1.54) is 18.7 Å². The van der Waals surface area contributed by atoms with Crippen molar-refractivity contribution >= 4 is 23.6 Å². The maximum Gasteiger partial charge on any atom is 0.329 e. The Labute approximate surface area is 120 Å². The van der Waals surface area contributed by atoms with Crippen molar-refractivity contribution in [1.29, 1.82) is 0 Å². The first kappa shape index (κ1) is 14.5. The van der Waals surface area contributed by atoms with Gasteiger partial charge in [-0.2, -0.15) is 5.06 Å². The Morgan fingerprint density at radius 3 is 2.55 bits per heavy atom. The Hall–Kier alpha value is -1.89. The third kappa shape index (κ3) is 2.98. The van der Waals surface area contributed by atoms with Crippen molar-refractivity contribution in [3.05, 3.63) is 18.2 Å². The summed E-state index contributed by atoms with van der Waals surface area (Å²) in [5.41, 5.74) is 0. The standard InChI is InChI=1S/C13H15NO5S/c1-8(15)19-14-7-12(13(14)16)20-9-4-5-10(17-2)11(6-9)18-3/h4-6,12H,7H2,1-3H3. The molecule has 1 aromatic carbocycles. The van der Waals surface area contributed by atoms with Gasteiger partial charge >= 0.3 is 5.97 Å². The van der Waals surface area contributed by atoms with Crippen LogP contribution in [0.2, 0.25) is 0 Å². The minimum atomic E-state index is -0.493. The second-order valence-corrected chi connectivity index (χ2v) is 5.38. The summed E-state index contributed by atoms with van der Waals surface area (Å²) < 4.78 is 10.4. The largest absolute Gasteiger partial charge is 0.493 e. The number of nitrogens with zero attached hydrogens (tertiary/aromatic N) is 1. The zero-order chi connectivity index (χ0) is 14.7. The van der Waals surface area contributed by atoms with Crippen molar-refractivity contribution in [2.45, 2.75) is 17.1 Å². The van der Waals surface area contributed by atoms with E-state index in [2.05, 4.69) is 0 Å². The van der Waals surface area contributed by atoms with E-state index in [-0.39, 0.29) is 11.2 Å². The Kier molecular flexibility index (Phi) is 4.39. The summed E-state index contributed by atoms with van der Waals surface area (Å²) in [5.74, 6) is 0.548. The molecule has 1 aromatic rings. The summed E-state index contributed by atoms with van der Waals surface area (Å²) >= 11 is 1.40. The smallest absolute Gasteiger partial charge is 0.329 e. The Balaban J connectivity index is 1.98. The highest BCUT2D eigenvalue weighted by atomic mass is 32.2.